The van der Waals surface area contributed by atoms with Gasteiger partial charge in [-0.2, -0.15) is 0 Å². The number of benzene rings is 2. The van der Waals surface area contributed by atoms with Crippen molar-refractivity contribution in [1.29, 1.82) is 0 Å². The molecular weight excluding hydrogens is 464 g/mol. The fourth-order valence-corrected chi connectivity index (χ4v) is 3.96. The van der Waals surface area contributed by atoms with Crippen LogP contribution in [0.25, 0.3) is 0 Å². The van der Waals surface area contributed by atoms with Crippen molar-refractivity contribution in [3.63, 3.8) is 0 Å². The summed E-state index contributed by atoms with van der Waals surface area (Å²) in [4.78, 5) is 29.4. The number of urea groups is 1. The lowest BCUT2D eigenvalue weighted by Crippen LogP contribution is -2.19. The fraction of sp³-hybridized carbons (Fsp3) is 0.105. The van der Waals surface area contributed by atoms with Crippen molar-refractivity contribution in [2.75, 3.05) is 16.0 Å². The minimum atomic E-state index is -0.466. The standard InChI is InChI=1S/C19H16BrClN4O2S/c1-10-8-12(20)6-7-15(10)24-17(26)16-11(2)22-19(28-16)25-18(27)23-14-5-3-4-13(21)9-14/h3-9H,1-2H3,(H,24,26)(H2,22,23,25,27). The molecule has 0 radical (unpaired) electrons. The number of rotatable bonds is 4. The van der Waals surface area contributed by atoms with Gasteiger partial charge < -0.3 is 10.6 Å². The first-order valence-corrected chi connectivity index (χ1v) is 10.2. The smallest absolute Gasteiger partial charge is 0.321 e. The first kappa shape index (κ1) is 20.3. The summed E-state index contributed by atoms with van der Waals surface area (Å²) in [5.41, 5.74) is 2.75. The van der Waals surface area contributed by atoms with Crippen molar-refractivity contribution >= 4 is 67.3 Å². The van der Waals surface area contributed by atoms with Gasteiger partial charge in [0, 0.05) is 20.9 Å². The highest BCUT2D eigenvalue weighted by Gasteiger charge is 2.17. The highest BCUT2D eigenvalue weighted by molar-refractivity contribution is 9.10. The molecule has 3 rings (SSSR count). The second-order valence-corrected chi connectivity index (χ2v) is 8.29. The Hall–Kier alpha value is -2.42. The van der Waals surface area contributed by atoms with Crippen LogP contribution in [-0.4, -0.2) is 16.9 Å². The van der Waals surface area contributed by atoms with Gasteiger partial charge in [0.15, 0.2) is 5.13 Å². The molecule has 2 aromatic carbocycles. The number of aryl methyl sites for hydroxylation is 2. The normalized spacial score (nSPS) is 10.4. The molecule has 0 bridgehead atoms. The minimum Gasteiger partial charge on any atom is -0.321 e. The highest BCUT2D eigenvalue weighted by atomic mass is 79.9. The van der Waals surface area contributed by atoms with E-state index in [-0.39, 0.29) is 5.91 Å². The van der Waals surface area contributed by atoms with Gasteiger partial charge in [0.2, 0.25) is 0 Å². The molecule has 144 valence electrons. The number of hydrogen-bond acceptors (Lipinski definition) is 4. The fourth-order valence-electron chi connectivity index (χ4n) is 2.43. The zero-order chi connectivity index (χ0) is 20.3. The molecule has 0 saturated carbocycles. The minimum absolute atomic E-state index is 0.274. The van der Waals surface area contributed by atoms with Crippen molar-refractivity contribution in [3.05, 3.63) is 68.1 Å². The quantitative estimate of drug-likeness (QED) is 0.424. The summed E-state index contributed by atoms with van der Waals surface area (Å²) in [6.45, 7) is 3.63. The molecule has 1 aromatic heterocycles. The third-order valence-electron chi connectivity index (χ3n) is 3.74. The number of halogens is 2. The number of nitrogens with one attached hydrogen (secondary N) is 3. The lowest BCUT2D eigenvalue weighted by Gasteiger charge is -2.08. The van der Waals surface area contributed by atoms with Gasteiger partial charge in [-0.3, -0.25) is 10.1 Å². The van der Waals surface area contributed by atoms with E-state index in [0.29, 0.717) is 32.1 Å². The van der Waals surface area contributed by atoms with E-state index in [4.69, 9.17) is 11.6 Å². The summed E-state index contributed by atoms with van der Waals surface area (Å²) in [6.07, 6.45) is 0. The SMILES string of the molecule is Cc1cc(Br)ccc1NC(=O)c1sc(NC(=O)Nc2cccc(Cl)c2)nc1C. The predicted molar refractivity (Wildman–Crippen MR) is 118 cm³/mol. The molecule has 28 heavy (non-hydrogen) atoms. The topological polar surface area (TPSA) is 83.1 Å². The summed E-state index contributed by atoms with van der Waals surface area (Å²) >= 11 is 10.4. The summed E-state index contributed by atoms with van der Waals surface area (Å²) in [5.74, 6) is -0.274. The number of nitrogens with zero attached hydrogens (tertiary/aromatic N) is 1. The van der Waals surface area contributed by atoms with Crippen LogP contribution in [-0.2, 0) is 0 Å². The summed E-state index contributed by atoms with van der Waals surface area (Å²) in [5, 5.41) is 9.03. The number of thiazole rings is 1. The second kappa shape index (κ2) is 8.72. The van der Waals surface area contributed by atoms with E-state index >= 15 is 0 Å². The average Bonchev–Trinajstić information content (AvgIpc) is 2.97. The molecule has 6 nitrogen and oxygen atoms in total. The largest absolute Gasteiger partial charge is 0.325 e. The third kappa shape index (κ3) is 5.09. The van der Waals surface area contributed by atoms with Crippen LogP contribution in [0.5, 0.6) is 0 Å². The van der Waals surface area contributed by atoms with E-state index in [9.17, 15) is 9.59 Å². The molecular formula is C19H16BrClN4O2S. The lowest BCUT2D eigenvalue weighted by atomic mass is 10.2. The second-order valence-electron chi connectivity index (χ2n) is 5.94. The zero-order valence-electron chi connectivity index (χ0n) is 15.0. The van der Waals surface area contributed by atoms with Crippen molar-refractivity contribution < 1.29 is 9.59 Å². The van der Waals surface area contributed by atoms with Crippen LogP contribution in [0.2, 0.25) is 5.02 Å². The summed E-state index contributed by atoms with van der Waals surface area (Å²) < 4.78 is 0.939. The van der Waals surface area contributed by atoms with Gasteiger partial charge >= 0.3 is 6.03 Å². The van der Waals surface area contributed by atoms with E-state index in [1.165, 1.54) is 0 Å². The van der Waals surface area contributed by atoms with E-state index in [2.05, 4.69) is 36.9 Å². The maximum Gasteiger partial charge on any atom is 0.325 e. The van der Waals surface area contributed by atoms with Crippen molar-refractivity contribution in [3.8, 4) is 0 Å². The molecule has 0 unspecified atom stereocenters. The monoisotopic (exact) mass is 478 g/mol. The molecule has 0 spiro atoms. The number of aromatic nitrogens is 1. The first-order chi connectivity index (χ1) is 13.3. The van der Waals surface area contributed by atoms with Crippen LogP contribution in [0.3, 0.4) is 0 Å². The van der Waals surface area contributed by atoms with E-state index in [1.807, 2.05) is 25.1 Å². The van der Waals surface area contributed by atoms with Gasteiger partial charge in [-0.15, -0.1) is 0 Å². The maximum absolute atomic E-state index is 12.6. The molecule has 9 heteroatoms. The van der Waals surface area contributed by atoms with E-state index in [1.54, 1.807) is 31.2 Å². The number of anilines is 3. The van der Waals surface area contributed by atoms with Crippen molar-refractivity contribution in [2.24, 2.45) is 0 Å². The lowest BCUT2D eigenvalue weighted by molar-refractivity contribution is 0.102. The maximum atomic E-state index is 12.6. The van der Waals surface area contributed by atoms with Gasteiger partial charge in [-0.05, 0) is 55.8 Å². The van der Waals surface area contributed by atoms with Crippen LogP contribution in [0.1, 0.15) is 20.9 Å². The van der Waals surface area contributed by atoms with Crippen molar-refractivity contribution in [2.45, 2.75) is 13.8 Å². The number of hydrogen-bond donors (Lipinski definition) is 3. The Kier molecular flexibility index (Phi) is 6.33. The number of amides is 3. The van der Waals surface area contributed by atoms with Gasteiger partial charge in [-0.1, -0.05) is 44.9 Å². The van der Waals surface area contributed by atoms with Crippen LogP contribution in [0.15, 0.2) is 46.9 Å². The number of carbonyl (C=O) groups is 2. The molecule has 0 aliphatic rings. The Morgan fingerprint density at radius 2 is 1.86 bits per heavy atom. The Labute approximate surface area is 179 Å². The molecule has 0 saturated heterocycles. The molecule has 1 heterocycles. The van der Waals surface area contributed by atoms with Gasteiger partial charge in [0.25, 0.3) is 5.91 Å². The van der Waals surface area contributed by atoms with Crippen LogP contribution < -0.4 is 16.0 Å². The highest BCUT2D eigenvalue weighted by Crippen LogP contribution is 2.26. The molecule has 3 amide bonds. The third-order valence-corrected chi connectivity index (χ3v) is 5.54. The van der Waals surface area contributed by atoms with E-state index in [0.717, 1.165) is 21.4 Å². The van der Waals surface area contributed by atoms with Crippen LogP contribution >= 0.6 is 38.9 Å². The zero-order valence-corrected chi connectivity index (χ0v) is 18.1. The van der Waals surface area contributed by atoms with E-state index < -0.39 is 6.03 Å². The van der Waals surface area contributed by atoms with Gasteiger partial charge in [0.1, 0.15) is 4.88 Å². The van der Waals surface area contributed by atoms with Crippen LogP contribution in [0.4, 0.5) is 21.3 Å². The Morgan fingerprint density at radius 1 is 1.07 bits per heavy atom. The first-order valence-electron chi connectivity index (χ1n) is 8.20. The molecule has 0 aliphatic heterocycles. The van der Waals surface area contributed by atoms with Gasteiger partial charge in [-0.25, -0.2) is 9.78 Å². The average molecular weight is 480 g/mol. The number of carbonyl (C=O) groups excluding carboxylic acids is 2. The summed E-state index contributed by atoms with van der Waals surface area (Å²) in [7, 11) is 0. The molecule has 0 atom stereocenters. The van der Waals surface area contributed by atoms with Crippen molar-refractivity contribution in [1.82, 2.24) is 4.98 Å². The Balaban J connectivity index is 1.68. The molecule has 3 aromatic rings. The molecule has 3 N–H and O–H groups in total. The van der Waals surface area contributed by atoms with Gasteiger partial charge in [0.05, 0.1) is 5.69 Å². The predicted octanol–water partition coefficient (Wildman–Crippen LogP) is 6.07. The molecule has 0 fully saturated rings. The molecule has 0 aliphatic carbocycles. The summed E-state index contributed by atoms with van der Waals surface area (Å²) in [6, 6.07) is 11.9. The Bertz CT molecular complexity index is 1050. The van der Waals surface area contributed by atoms with Crippen LogP contribution in [0, 0.1) is 13.8 Å². The Morgan fingerprint density at radius 3 is 2.57 bits per heavy atom.